The number of hydrogen-bond acceptors (Lipinski definition) is 3. The van der Waals surface area contributed by atoms with Gasteiger partial charge in [-0.05, 0) is 29.8 Å². The highest BCUT2D eigenvalue weighted by Gasteiger charge is 2.09. The van der Waals surface area contributed by atoms with Crippen molar-refractivity contribution < 1.29 is 13.9 Å². The Labute approximate surface area is 96.3 Å². The monoisotopic (exact) mass is 236 g/mol. The van der Waals surface area contributed by atoms with E-state index in [1.54, 1.807) is 18.2 Å². The van der Waals surface area contributed by atoms with Gasteiger partial charge < -0.3 is 4.74 Å². The lowest BCUT2D eigenvalue weighted by molar-refractivity contribution is 0.0606. The van der Waals surface area contributed by atoms with Gasteiger partial charge in [-0.15, -0.1) is 11.3 Å². The summed E-state index contributed by atoms with van der Waals surface area (Å²) in [5.74, 6) is -0.619. The molecule has 16 heavy (non-hydrogen) atoms. The molecule has 1 aromatic heterocycles. The number of benzene rings is 1. The molecule has 0 fully saturated rings. The van der Waals surface area contributed by atoms with Crippen LogP contribution in [0, 0.1) is 5.82 Å². The quantitative estimate of drug-likeness (QED) is 0.747. The summed E-state index contributed by atoms with van der Waals surface area (Å²) in [6.45, 7) is 0. The third-order valence-electron chi connectivity index (χ3n) is 2.12. The van der Waals surface area contributed by atoms with Crippen molar-refractivity contribution >= 4 is 17.3 Å². The van der Waals surface area contributed by atoms with Gasteiger partial charge in [0, 0.05) is 4.88 Å². The van der Waals surface area contributed by atoms with Crippen LogP contribution in [0.1, 0.15) is 9.67 Å². The van der Waals surface area contributed by atoms with Crippen molar-refractivity contribution in [2.24, 2.45) is 0 Å². The van der Waals surface area contributed by atoms with Crippen molar-refractivity contribution in [2.45, 2.75) is 0 Å². The first-order valence-electron chi connectivity index (χ1n) is 4.65. The van der Waals surface area contributed by atoms with E-state index in [-0.39, 0.29) is 11.8 Å². The second-order valence-electron chi connectivity index (χ2n) is 3.16. The van der Waals surface area contributed by atoms with E-state index < -0.39 is 0 Å². The molecular formula is C12H9FO2S. The van der Waals surface area contributed by atoms with Gasteiger partial charge >= 0.3 is 5.97 Å². The van der Waals surface area contributed by atoms with Crippen LogP contribution < -0.4 is 0 Å². The molecule has 0 radical (unpaired) electrons. The zero-order valence-electron chi connectivity index (χ0n) is 8.57. The van der Waals surface area contributed by atoms with Crippen molar-refractivity contribution in [1.29, 1.82) is 0 Å². The van der Waals surface area contributed by atoms with E-state index >= 15 is 0 Å². The van der Waals surface area contributed by atoms with E-state index in [0.717, 1.165) is 10.4 Å². The van der Waals surface area contributed by atoms with Crippen molar-refractivity contribution in [1.82, 2.24) is 0 Å². The van der Waals surface area contributed by atoms with E-state index in [1.807, 2.05) is 6.07 Å². The molecule has 0 aliphatic carbocycles. The number of methoxy groups -OCH3 is 1. The Balaban J connectivity index is 2.31. The minimum atomic E-state index is -0.349. The third kappa shape index (κ3) is 2.12. The van der Waals surface area contributed by atoms with Crippen LogP contribution in [-0.4, -0.2) is 13.1 Å². The lowest BCUT2D eigenvalue weighted by Gasteiger charge is -1.96. The van der Waals surface area contributed by atoms with Gasteiger partial charge in [-0.25, -0.2) is 9.18 Å². The number of ether oxygens (including phenoxy) is 1. The summed E-state index contributed by atoms with van der Waals surface area (Å²) in [5, 5.41) is 0. The molecule has 0 saturated carbocycles. The summed E-state index contributed by atoms with van der Waals surface area (Å²) in [6, 6.07) is 9.68. The molecule has 0 unspecified atom stereocenters. The van der Waals surface area contributed by atoms with Gasteiger partial charge in [0.2, 0.25) is 0 Å². The molecule has 2 rings (SSSR count). The van der Waals surface area contributed by atoms with E-state index in [1.165, 1.54) is 30.6 Å². The summed E-state index contributed by atoms with van der Waals surface area (Å²) in [4.78, 5) is 12.7. The smallest absolute Gasteiger partial charge is 0.348 e. The number of hydrogen-bond donors (Lipinski definition) is 0. The molecule has 82 valence electrons. The fraction of sp³-hybridized carbons (Fsp3) is 0.0833. The molecule has 4 heteroatoms. The molecule has 2 aromatic rings. The maximum atomic E-state index is 12.7. The van der Waals surface area contributed by atoms with Crippen molar-refractivity contribution in [3.8, 4) is 10.4 Å². The molecule has 0 aliphatic heterocycles. The molecule has 0 N–H and O–H groups in total. The Morgan fingerprint density at radius 2 is 1.88 bits per heavy atom. The Morgan fingerprint density at radius 3 is 2.50 bits per heavy atom. The van der Waals surface area contributed by atoms with Crippen molar-refractivity contribution in [2.75, 3.05) is 7.11 Å². The van der Waals surface area contributed by atoms with Crippen LogP contribution in [0.4, 0.5) is 4.39 Å². The first kappa shape index (κ1) is 10.8. The van der Waals surface area contributed by atoms with Crippen LogP contribution in [0.2, 0.25) is 0 Å². The van der Waals surface area contributed by atoms with E-state index in [2.05, 4.69) is 4.74 Å². The highest BCUT2D eigenvalue weighted by atomic mass is 32.1. The van der Waals surface area contributed by atoms with Gasteiger partial charge in [0.15, 0.2) is 0 Å². The van der Waals surface area contributed by atoms with Crippen LogP contribution in [0.25, 0.3) is 10.4 Å². The maximum Gasteiger partial charge on any atom is 0.348 e. The Kier molecular flexibility index (Phi) is 3.01. The third-order valence-corrected chi connectivity index (χ3v) is 3.24. The average Bonchev–Trinajstić information content (AvgIpc) is 2.78. The molecular weight excluding hydrogens is 227 g/mol. The molecule has 1 heterocycles. The van der Waals surface area contributed by atoms with Gasteiger partial charge in [0.05, 0.1) is 7.11 Å². The number of thiophene rings is 1. The molecule has 2 nitrogen and oxygen atoms in total. The molecule has 0 amide bonds. The number of halogens is 1. The highest BCUT2D eigenvalue weighted by molar-refractivity contribution is 7.17. The minimum Gasteiger partial charge on any atom is -0.465 e. The predicted molar refractivity (Wildman–Crippen MR) is 61.1 cm³/mol. The van der Waals surface area contributed by atoms with Gasteiger partial charge in [-0.2, -0.15) is 0 Å². The van der Waals surface area contributed by atoms with E-state index in [0.29, 0.717) is 4.88 Å². The molecule has 0 bridgehead atoms. The van der Waals surface area contributed by atoms with Crippen LogP contribution in [-0.2, 0) is 4.74 Å². The molecule has 0 saturated heterocycles. The van der Waals surface area contributed by atoms with Crippen molar-refractivity contribution in [3.63, 3.8) is 0 Å². The van der Waals surface area contributed by atoms with Crippen LogP contribution in [0.3, 0.4) is 0 Å². The first-order valence-corrected chi connectivity index (χ1v) is 5.46. The van der Waals surface area contributed by atoms with Crippen LogP contribution >= 0.6 is 11.3 Å². The van der Waals surface area contributed by atoms with Crippen LogP contribution in [0.5, 0.6) is 0 Å². The lowest BCUT2D eigenvalue weighted by Crippen LogP contribution is -1.96. The summed E-state index contributed by atoms with van der Waals surface area (Å²) >= 11 is 1.33. The van der Waals surface area contributed by atoms with Gasteiger partial charge in [-0.1, -0.05) is 12.1 Å². The Bertz CT molecular complexity index is 502. The normalized spacial score (nSPS) is 10.1. The number of carbonyl (C=O) groups is 1. The van der Waals surface area contributed by atoms with Gasteiger partial charge in [0.25, 0.3) is 0 Å². The molecule has 0 atom stereocenters. The molecule has 1 aromatic carbocycles. The SMILES string of the molecule is COC(=O)c1ccc(-c2ccc(F)cc2)s1. The first-order chi connectivity index (χ1) is 7.70. The molecule has 0 aliphatic rings. The zero-order valence-corrected chi connectivity index (χ0v) is 9.38. The number of carbonyl (C=O) groups excluding carboxylic acids is 1. The molecule has 0 spiro atoms. The van der Waals surface area contributed by atoms with Gasteiger partial charge in [0.1, 0.15) is 10.7 Å². The minimum absolute atomic E-state index is 0.270. The fourth-order valence-electron chi connectivity index (χ4n) is 1.32. The summed E-state index contributed by atoms with van der Waals surface area (Å²) in [5.41, 5.74) is 0.890. The van der Waals surface area contributed by atoms with E-state index in [9.17, 15) is 9.18 Å². The fourth-order valence-corrected chi connectivity index (χ4v) is 2.25. The maximum absolute atomic E-state index is 12.7. The summed E-state index contributed by atoms with van der Waals surface area (Å²) < 4.78 is 17.3. The average molecular weight is 236 g/mol. The summed E-state index contributed by atoms with van der Waals surface area (Å²) in [7, 11) is 1.35. The highest BCUT2D eigenvalue weighted by Crippen LogP contribution is 2.28. The summed E-state index contributed by atoms with van der Waals surface area (Å²) in [6.07, 6.45) is 0. The zero-order chi connectivity index (χ0) is 11.5. The van der Waals surface area contributed by atoms with Crippen LogP contribution in [0.15, 0.2) is 36.4 Å². The Hall–Kier alpha value is -1.68. The topological polar surface area (TPSA) is 26.3 Å². The van der Waals surface area contributed by atoms with E-state index in [4.69, 9.17) is 0 Å². The lowest BCUT2D eigenvalue weighted by atomic mass is 10.2. The number of esters is 1. The Morgan fingerprint density at radius 1 is 1.19 bits per heavy atom. The second-order valence-corrected chi connectivity index (χ2v) is 4.25. The van der Waals surface area contributed by atoms with Gasteiger partial charge in [-0.3, -0.25) is 0 Å². The standard InChI is InChI=1S/C12H9FO2S/c1-15-12(14)11-7-6-10(16-11)8-2-4-9(13)5-3-8/h2-7H,1H3. The number of rotatable bonds is 2. The largest absolute Gasteiger partial charge is 0.465 e. The second kappa shape index (κ2) is 4.45. The predicted octanol–water partition coefficient (Wildman–Crippen LogP) is 3.34. The van der Waals surface area contributed by atoms with Crippen molar-refractivity contribution in [3.05, 3.63) is 47.1 Å².